The van der Waals surface area contributed by atoms with Crippen LogP contribution in [0.1, 0.15) is 39.5 Å². The fourth-order valence-corrected chi connectivity index (χ4v) is 5.25. The molecular formula is C16H29N3O5S. The van der Waals surface area contributed by atoms with Crippen LogP contribution in [0.2, 0.25) is 0 Å². The molecule has 1 atom stereocenters. The number of amides is 2. The van der Waals surface area contributed by atoms with Crippen molar-refractivity contribution >= 4 is 22.0 Å². The number of carbonyl (C=O) groups is 2. The molecule has 0 aromatic carbocycles. The molecule has 2 saturated heterocycles. The number of hydrogen-bond donors (Lipinski definition) is 2. The lowest BCUT2D eigenvalue weighted by molar-refractivity contribution is -0.143. The molecule has 0 aliphatic carbocycles. The van der Waals surface area contributed by atoms with E-state index in [0.717, 1.165) is 0 Å². The van der Waals surface area contributed by atoms with Crippen LogP contribution < -0.4 is 5.32 Å². The van der Waals surface area contributed by atoms with E-state index in [9.17, 15) is 18.0 Å². The number of likely N-dealkylation sites (tertiary alicyclic amines) is 1. The zero-order chi connectivity index (χ0) is 18.6. The first-order valence-electron chi connectivity index (χ1n) is 8.95. The molecule has 0 saturated carbocycles. The minimum atomic E-state index is -3.23. The Hall–Kier alpha value is -1.35. The Balaban J connectivity index is 1.81. The molecule has 0 radical (unpaired) electrons. The molecule has 2 heterocycles. The SMILES string of the molecule is CC(C)CS(=O)(=O)N1CCC(NC(=O)N2CCCC(C(=O)O)C2)CC1. The molecular weight excluding hydrogens is 346 g/mol. The lowest BCUT2D eigenvalue weighted by Crippen LogP contribution is -2.52. The van der Waals surface area contributed by atoms with Gasteiger partial charge in [0.1, 0.15) is 0 Å². The van der Waals surface area contributed by atoms with Crippen LogP contribution in [0.4, 0.5) is 4.79 Å². The number of urea groups is 1. The molecule has 1 unspecified atom stereocenters. The van der Waals surface area contributed by atoms with Crippen molar-refractivity contribution in [3.05, 3.63) is 0 Å². The van der Waals surface area contributed by atoms with Gasteiger partial charge in [0.25, 0.3) is 0 Å². The van der Waals surface area contributed by atoms with E-state index in [2.05, 4.69) is 5.32 Å². The van der Waals surface area contributed by atoms with Gasteiger partial charge in [-0.3, -0.25) is 4.79 Å². The zero-order valence-electron chi connectivity index (χ0n) is 15.0. The highest BCUT2D eigenvalue weighted by molar-refractivity contribution is 7.89. The summed E-state index contributed by atoms with van der Waals surface area (Å²) in [6, 6.07) is -0.308. The van der Waals surface area contributed by atoms with Crippen LogP contribution in [0.3, 0.4) is 0 Å². The van der Waals surface area contributed by atoms with Crippen molar-refractivity contribution in [2.75, 3.05) is 31.9 Å². The van der Waals surface area contributed by atoms with Gasteiger partial charge in [0.2, 0.25) is 10.0 Å². The van der Waals surface area contributed by atoms with Crippen molar-refractivity contribution in [3.8, 4) is 0 Å². The summed E-state index contributed by atoms with van der Waals surface area (Å²) < 4.78 is 26.0. The Morgan fingerprint density at radius 1 is 1.16 bits per heavy atom. The smallest absolute Gasteiger partial charge is 0.317 e. The normalized spacial score (nSPS) is 23.6. The van der Waals surface area contributed by atoms with Crippen LogP contribution in [0.15, 0.2) is 0 Å². The summed E-state index contributed by atoms with van der Waals surface area (Å²) in [5.74, 6) is -1.12. The summed E-state index contributed by atoms with van der Waals surface area (Å²) in [6.45, 7) is 5.40. The maximum atomic E-state index is 12.3. The number of aliphatic carboxylic acids is 1. The predicted molar refractivity (Wildman–Crippen MR) is 93.7 cm³/mol. The number of rotatable bonds is 5. The molecule has 0 bridgehead atoms. The lowest BCUT2D eigenvalue weighted by Gasteiger charge is -2.35. The summed E-state index contributed by atoms with van der Waals surface area (Å²) in [6.07, 6.45) is 2.46. The minimum absolute atomic E-state index is 0.0665. The number of nitrogens with one attached hydrogen (secondary N) is 1. The third-order valence-electron chi connectivity index (χ3n) is 4.78. The molecule has 8 nitrogen and oxygen atoms in total. The average molecular weight is 375 g/mol. The molecule has 2 N–H and O–H groups in total. The van der Waals surface area contributed by atoms with Crippen LogP contribution in [-0.4, -0.2) is 72.7 Å². The van der Waals surface area contributed by atoms with Crippen LogP contribution in [0.5, 0.6) is 0 Å². The van der Waals surface area contributed by atoms with Gasteiger partial charge in [0.15, 0.2) is 0 Å². The van der Waals surface area contributed by atoms with Crippen LogP contribution in [-0.2, 0) is 14.8 Å². The van der Waals surface area contributed by atoms with Crippen molar-refractivity contribution in [1.29, 1.82) is 0 Å². The number of carbonyl (C=O) groups excluding carboxylic acids is 1. The third-order valence-corrected chi connectivity index (χ3v) is 7.02. The second-order valence-corrected chi connectivity index (χ2v) is 9.43. The van der Waals surface area contributed by atoms with E-state index in [4.69, 9.17) is 5.11 Å². The largest absolute Gasteiger partial charge is 0.481 e. The van der Waals surface area contributed by atoms with Crippen LogP contribution >= 0.6 is 0 Å². The maximum Gasteiger partial charge on any atom is 0.317 e. The van der Waals surface area contributed by atoms with E-state index >= 15 is 0 Å². The highest BCUT2D eigenvalue weighted by Gasteiger charge is 2.32. The van der Waals surface area contributed by atoms with Gasteiger partial charge in [-0.1, -0.05) is 13.8 Å². The zero-order valence-corrected chi connectivity index (χ0v) is 15.8. The Labute approximate surface area is 149 Å². The molecule has 0 aromatic rings. The van der Waals surface area contributed by atoms with Gasteiger partial charge >= 0.3 is 12.0 Å². The maximum absolute atomic E-state index is 12.3. The van der Waals surface area contributed by atoms with Crippen molar-refractivity contribution < 1.29 is 23.1 Å². The lowest BCUT2D eigenvalue weighted by atomic mass is 9.98. The number of carboxylic acid groups (broad SMARTS) is 1. The predicted octanol–water partition coefficient (Wildman–Crippen LogP) is 0.943. The fraction of sp³-hybridized carbons (Fsp3) is 0.875. The minimum Gasteiger partial charge on any atom is -0.481 e. The van der Waals surface area contributed by atoms with E-state index in [1.807, 2.05) is 13.8 Å². The number of piperidine rings is 2. The molecule has 0 aromatic heterocycles. The van der Waals surface area contributed by atoms with Gasteiger partial charge in [0, 0.05) is 32.2 Å². The molecule has 2 amide bonds. The monoisotopic (exact) mass is 375 g/mol. The van der Waals surface area contributed by atoms with Gasteiger partial charge < -0.3 is 15.3 Å². The van der Waals surface area contributed by atoms with Gasteiger partial charge in [-0.05, 0) is 31.6 Å². The number of nitrogens with zero attached hydrogens (tertiary/aromatic N) is 2. The summed E-state index contributed by atoms with van der Waals surface area (Å²) in [7, 11) is -3.23. The molecule has 2 fully saturated rings. The highest BCUT2D eigenvalue weighted by Crippen LogP contribution is 2.19. The van der Waals surface area contributed by atoms with Crippen LogP contribution in [0.25, 0.3) is 0 Å². The Morgan fingerprint density at radius 2 is 1.80 bits per heavy atom. The topological polar surface area (TPSA) is 107 Å². The Kier molecular flexibility index (Phi) is 6.67. The molecule has 144 valence electrons. The van der Waals surface area contributed by atoms with Gasteiger partial charge in [-0.15, -0.1) is 0 Å². The number of hydrogen-bond acceptors (Lipinski definition) is 4. The first kappa shape index (κ1) is 20.0. The van der Waals surface area contributed by atoms with Crippen molar-refractivity contribution in [3.63, 3.8) is 0 Å². The Bertz CT molecular complexity index is 585. The summed E-state index contributed by atoms with van der Waals surface area (Å²) in [4.78, 5) is 25.0. The standard InChI is InChI=1S/C16H29N3O5S/c1-12(2)11-25(23,24)19-8-5-14(6-9-19)17-16(22)18-7-3-4-13(10-18)15(20)21/h12-14H,3-11H2,1-2H3,(H,17,22)(H,20,21). The quantitative estimate of drug-likeness (QED) is 0.744. The third kappa shape index (κ3) is 5.57. The van der Waals surface area contributed by atoms with E-state index in [0.29, 0.717) is 45.3 Å². The number of carboxylic acids is 1. The average Bonchev–Trinajstić information content (AvgIpc) is 2.54. The molecule has 0 spiro atoms. The van der Waals surface area contributed by atoms with Crippen LogP contribution in [0, 0.1) is 11.8 Å². The molecule has 25 heavy (non-hydrogen) atoms. The van der Waals surface area contributed by atoms with E-state index < -0.39 is 21.9 Å². The summed E-state index contributed by atoms with van der Waals surface area (Å²) >= 11 is 0. The van der Waals surface area contributed by atoms with E-state index in [-0.39, 0.29) is 30.3 Å². The Morgan fingerprint density at radius 3 is 2.36 bits per heavy atom. The first-order chi connectivity index (χ1) is 11.7. The second-order valence-electron chi connectivity index (χ2n) is 7.42. The van der Waals surface area contributed by atoms with E-state index in [1.165, 1.54) is 4.31 Å². The first-order valence-corrected chi connectivity index (χ1v) is 10.6. The van der Waals surface area contributed by atoms with Crippen molar-refractivity contribution in [1.82, 2.24) is 14.5 Å². The summed E-state index contributed by atoms with van der Waals surface area (Å²) in [5, 5.41) is 12.0. The van der Waals surface area contributed by atoms with Crippen molar-refractivity contribution in [2.45, 2.75) is 45.6 Å². The second kappa shape index (κ2) is 8.35. The van der Waals surface area contributed by atoms with Gasteiger partial charge in [0.05, 0.1) is 11.7 Å². The molecule has 2 rings (SSSR count). The number of sulfonamides is 1. The van der Waals surface area contributed by atoms with Crippen molar-refractivity contribution in [2.24, 2.45) is 11.8 Å². The van der Waals surface area contributed by atoms with E-state index in [1.54, 1.807) is 4.90 Å². The summed E-state index contributed by atoms with van der Waals surface area (Å²) in [5.41, 5.74) is 0. The van der Waals surface area contributed by atoms with Gasteiger partial charge in [-0.2, -0.15) is 0 Å². The molecule has 2 aliphatic heterocycles. The molecule has 2 aliphatic rings. The molecule has 9 heteroatoms. The highest BCUT2D eigenvalue weighted by atomic mass is 32.2. The fourth-order valence-electron chi connectivity index (χ4n) is 3.43. The van der Waals surface area contributed by atoms with Gasteiger partial charge in [-0.25, -0.2) is 17.5 Å².